The summed E-state index contributed by atoms with van der Waals surface area (Å²) >= 11 is 2.76. The second kappa shape index (κ2) is 5.71. The summed E-state index contributed by atoms with van der Waals surface area (Å²) in [6.45, 7) is 1.82. The summed E-state index contributed by atoms with van der Waals surface area (Å²) in [5.74, 6) is -0.259. The molecule has 0 aromatic carbocycles. The molecular weight excluding hydrogens is 304 g/mol. The zero-order valence-corrected chi connectivity index (χ0v) is 13.1. The Morgan fingerprint density at radius 2 is 2.24 bits per heavy atom. The van der Waals surface area contributed by atoms with Gasteiger partial charge < -0.3 is 4.57 Å². The molecule has 0 saturated carbocycles. The van der Waals surface area contributed by atoms with Gasteiger partial charge in [-0.15, -0.1) is 22.7 Å². The van der Waals surface area contributed by atoms with Crippen molar-refractivity contribution >= 4 is 28.6 Å². The van der Waals surface area contributed by atoms with Crippen LogP contribution in [0.15, 0.2) is 41.0 Å². The van der Waals surface area contributed by atoms with E-state index >= 15 is 0 Å². The van der Waals surface area contributed by atoms with Crippen LogP contribution in [0.3, 0.4) is 0 Å². The average molecular weight is 316 g/mol. The van der Waals surface area contributed by atoms with E-state index in [1.165, 1.54) is 22.7 Å². The number of hydrogen-bond donors (Lipinski definition) is 0. The Kier molecular flexibility index (Phi) is 3.76. The number of carbonyl (C=O) groups is 1. The maximum atomic E-state index is 12.3. The van der Waals surface area contributed by atoms with Gasteiger partial charge in [0.05, 0.1) is 11.4 Å². The molecule has 0 saturated heterocycles. The molecule has 3 aromatic heterocycles. The minimum Gasteiger partial charge on any atom is -0.327 e. The van der Waals surface area contributed by atoms with E-state index in [4.69, 9.17) is 0 Å². The van der Waals surface area contributed by atoms with Gasteiger partial charge in [0, 0.05) is 24.8 Å². The maximum Gasteiger partial charge on any atom is 0.291 e. The van der Waals surface area contributed by atoms with E-state index in [9.17, 15) is 4.79 Å². The van der Waals surface area contributed by atoms with E-state index in [0.717, 1.165) is 10.7 Å². The van der Waals surface area contributed by atoms with Crippen molar-refractivity contribution in [1.29, 1.82) is 0 Å². The highest BCUT2D eigenvalue weighted by molar-refractivity contribution is 7.17. The molecule has 106 valence electrons. The largest absolute Gasteiger partial charge is 0.327 e. The molecule has 0 aliphatic heterocycles. The second-order valence-electron chi connectivity index (χ2n) is 4.36. The Balaban J connectivity index is 1.99. The van der Waals surface area contributed by atoms with Gasteiger partial charge in [-0.3, -0.25) is 9.78 Å². The third kappa shape index (κ3) is 2.84. The Morgan fingerprint density at radius 3 is 2.90 bits per heavy atom. The van der Waals surface area contributed by atoms with Crippen LogP contribution >= 0.6 is 22.7 Å². The van der Waals surface area contributed by atoms with Gasteiger partial charge in [0.15, 0.2) is 4.80 Å². The van der Waals surface area contributed by atoms with Crippen molar-refractivity contribution in [3.05, 3.63) is 51.3 Å². The average Bonchev–Trinajstić information content (AvgIpc) is 3.06. The van der Waals surface area contributed by atoms with Crippen LogP contribution < -0.4 is 4.80 Å². The van der Waals surface area contributed by atoms with Crippen LogP contribution in [0.1, 0.15) is 15.4 Å². The van der Waals surface area contributed by atoms with Crippen molar-refractivity contribution in [2.45, 2.75) is 6.92 Å². The number of amides is 1. The molecule has 5 nitrogen and oxygen atoms in total. The van der Waals surface area contributed by atoms with Crippen molar-refractivity contribution in [3.8, 4) is 10.7 Å². The van der Waals surface area contributed by atoms with Crippen molar-refractivity contribution in [3.63, 3.8) is 0 Å². The molecule has 0 unspecified atom stereocenters. The molecule has 3 heterocycles. The minimum atomic E-state index is -0.259. The minimum absolute atomic E-state index is 0.259. The lowest BCUT2D eigenvalue weighted by molar-refractivity contribution is 0.100. The summed E-state index contributed by atoms with van der Waals surface area (Å²) in [4.78, 5) is 26.4. The summed E-state index contributed by atoms with van der Waals surface area (Å²) in [7, 11) is 1.86. The number of pyridine rings is 1. The maximum absolute atomic E-state index is 12.3. The van der Waals surface area contributed by atoms with Gasteiger partial charge in [0.2, 0.25) is 0 Å². The molecule has 0 radical (unpaired) electrons. The number of thiazole rings is 2. The topological polar surface area (TPSA) is 60.1 Å². The number of carbonyl (C=O) groups excluding carboxylic acids is 1. The van der Waals surface area contributed by atoms with E-state index in [1.807, 2.05) is 48.3 Å². The summed E-state index contributed by atoms with van der Waals surface area (Å²) < 4.78 is 1.82. The van der Waals surface area contributed by atoms with Crippen molar-refractivity contribution in [2.24, 2.45) is 12.0 Å². The molecular formula is C14H12N4OS2. The van der Waals surface area contributed by atoms with Crippen molar-refractivity contribution < 1.29 is 4.79 Å². The van der Waals surface area contributed by atoms with Gasteiger partial charge in [-0.2, -0.15) is 4.99 Å². The molecule has 0 fully saturated rings. The third-order valence-electron chi connectivity index (χ3n) is 2.83. The zero-order valence-electron chi connectivity index (χ0n) is 11.5. The second-order valence-corrected chi connectivity index (χ2v) is 6.23. The van der Waals surface area contributed by atoms with Gasteiger partial charge in [0.1, 0.15) is 9.88 Å². The molecule has 3 aromatic rings. The predicted octanol–water partition coefficient (Wildman–Crippen LogP) is 2.65. The Bertz CT molecular complexity index is 845. The predicted molar refractivity (Wildman–Crippen MR) is 83.3 cm³/mol. The molecule has 21 heavy (non-hydrogen) atoms. The van der Waals surface area contributed by atoms with Crippen LogP contribution in [0.25, 0.3) is 10.7 Å². The number of aromatic nitrogens is 3. The Hall–Kier alpha value is -2.12. The smallest absolute Gasteiger partial charge is 0.291 e. The number of nitrogens with zero attached hydrogens (tertiary/aromatic N) is 4. The van der Waals surface area contributed by atoms with E-state index < -0.39 is 0 Å². The lowest BCUT2D eigenvalue weighted by Gasteiger charge is -1.92. The first-order chi connectivity index (χ1) is 10.1. The summed E-state index contributed by atoms with van der Waals surface area (Å²) in [6.07, 6.45) is 3.58. The van der Waals surface area contributed by atoms with Gasteiger partial charge in [0.25, 0.3) is 5.91 Å². The highest BCUT2D eigenvalue weighted by Gasteiger charge is 2.16. The highest BCUT2D eigenvalue weighted by atomic mass is 32.1. The first kappa shape index (κ1) is 13.8. The molecule has 1 amide bonds. The van der Waals surface area contributed by atoms with E-state index in [2.05, 4.69) is 15.0 Å². The third-order valence-corrected chi connectivity index (χ3v) is 4.85. The lowest BCUT2D eigenvalue weighted by Crippen LogP contribution is -2.12. The Labute approximate surface area is 129 Å². The fraction of sp³-hybridized carbons (Fsp3) is 0.143. The molecule has 0 spiro atoms. The molecule has 0 N–H and O–H groups in total. The van der Waals surface area contributed by atoms with E-state index in [1.54, 1.807) is 6.20 Å². The fourth-order valence-electron chi connectivity index (χ4n) is 1.77. The lowest BCUT2D eigenvalue weighted by atomic mass is 10.3. The fourth-order valence-corrected chi connectivity index (χ4v) is 3.42. The quantitative estimate of drug-likeness (QED) is 0.730. The van der Waals surface area contributed by atoms with Gasteiger partial charge in [-0.25, -0.2) is 4.98 Å². The van der Waals surface area contributed by atoms with Crippen LogP contribution in [0, 0.1) is 6.92 Å². The zero-order chi connectivity index (χ0) is 14.8. The summed E-state index contributed by atoms with van der Waals surface area (Å²) in [6, 6.07) is 5.63. The molecule has 3 rings (SSSR count). The summed E-state index contributed by atoms with van der Waals surface area (Å²) in [5.41, 5.74) is 1.46. The van der Waals surface area contributed by atoms with Crippen LogP contribution in [0.5, 0.6) is 0 Å². The number of hydrogen-bond acceptors (Lipinski definition) is 5. The number of aryl methyl sites for hydroxylation is 2. The Morgan fingerprint density at radius 1 is 1.38 bits per heavy atom. The normalized spacial score (nSPS) is 11.8. The first-order valence-corrected chi connectivity index (χ1v) is 7.93. The molecule has 0 aliphatic rings. The van der Waals surface area contributed by atoms with E-state index in [-0.39, 0.29) is 5.91 Å². The molecule has 0 aliphatic carbocycles. The van der Waals surface area contributed by atoms with Gasteiger partial charge >= 0.3 is 0 Å². The molecule has 7 heteroatoms. The SMILES string of the molecule is Cc1nc(-c2ccccn2)sc1C(=O)N=c1sccn1C. The first-order valence-electron chi connectivity index (χ1n) is 6.23. The summed E-state index contributed by atoms with van der Waals surface area (Å²) in [5, 5.41) is 2.63. The van der Waals surface area contributed by atoms with E-state index in [0.29, 0.717) is 15.4 Å². The monoisotopic (exact) mass is 316 g/mol. The van der Waals surface area contributed by atoms with Crippen molar-refractivity contribution in [1.82, 2.24) is 14.5 Å². The van der Waals surface area contributed by atoms with Crippen LogP contribution in [0.2, 0.25) is 0 Å². The molecule has 0 atom stereocenters. The van der Waals surface area contributed by atoms with Crippen LogP contribution in [-0.2, 0) is 7.05 Å². The number of rotatable bonds is 2. The van der Waals surface area contributed by atoms with Crippen molar-refractivity contribution in [2.75, 3.05) is 0 Å². The standard InChI is InChI=1S/C14H12N4OS2/c1-9-11(12(19)17-14-18(2)7-8-20-14)21-13(16-9)10-5-3-4-6-15-10/h3-8H,1-2H3. The van der Waals surface area contributed by atoms with Gasteiger partial charge in [-0.1, -0.05) is 6.07 Å². The van der Waals surface area contributed by atoms with Crippen LogP contribution in [-0.4, -0.2) is 20.4 Å². The van der Waals surface area contributed by atoms with Crippen LogP contribution in [0.4, 0.5) is 0 Å². The highest BCUT2D eigenvalue weighted by Crippen LogP contribution is 2.26. The van der Waals surface area contributed by atoms with Gasteiger partial charge in [-0.05, 0) is 19.1 Å². The molecule has 0 bridgehead atoms.